The number of nitriles is 1. The number of ether oxygens (including phenoxy) is 1. The van der Waals surface area contributed by atoms with Crippen LogP contribution in [0.5, 0.6) is 5.75 Å². The molecule has 2 atom stereocenters. The highest BCUT2D eigenvalue weighted by atomic mass is 35.5. The van der Waals surface area contributed by atoms with Crippen LogP contribution < -0.4 is 10.1 Å². The maximum Gasteiger partial charge on any atom is 0.407 e. The van der Waals surface area contributed by atoms with E-state index in [4.69, 9.17) is 27.9 Å². The summed E-state index contributed by atoms with van der Waals surface area (Å²) in [5, 5.41) is 20.7. The summed E-state index contributed by atoms with van der Waals surface area (Å²) in [4.78, 5) is 45.7. The minimum absolute atomic E-state index is 0.0746. The van der Waals surface area contributed by atoms with Gasteiger partial charge >= 0.3 is 6.09 Å². The molecule has 41 heavy (non-hydrogen) atoms. The summed E-state index contributed by atoms with van der Waals surface area (Å²) in [6.45, 7) is -0.849. The minimum atomic E-state index is -4.15. The number of benzene rings is 1. The van der Waals surface area contributed by atoms with E-state index < -0.39 is 50.0 Å². The molecule has 2 aromatic rings. The summed E-state index contributed by atoms with van der Waals surface area (Å²) in [6, 6.07) is 7.95. The summed E-state index contributed by atoms with van der Waals surface area (Å²) in [6.07, 6.45) is 0.705. The van der Waals surface area contributed by atoms with Crippen molar-refractivity contribution in [2.75, 3.05) is 26.7 Å². The number of hydrogen-bond donors (Lipinski definition) is 2. The van der Waals surface area contributed by atoms with Crippen molar-refractivity contribution in [3.05, 3.63) is 52.3 Å². The molecule has 0 unspecified atom stereocenters. The number of sulfone groups is 1. The van der Waals surface area contributed by atoms with E-state index in [0.29, 0.717) is 23.6 Å². The van der Waals surface area contributed by atoms with Crippen LogP contribution in [0.25, 0.3) is 0 Å². The molecule has 3 amide bonds. The molecule has 5 rings (SSSR count). The summed E-state index contributed by atoms with van der Waals surface area (Å²) in [5.41, 5.74) is -2.29. The Morgan fingerprint density at radius 1 is 1.20 bits per heavy atom. The number of carbonyl (C=O) groups excluding carboxylic acids is 2. The molecule has 1 saturated carbocycles. The van der Waals surface area contributed by atoms with E-state index in [0.717, 1.165) is 9.80 Å². The molecule has 216 valence electrons. The van der Waals surface area contributed by atoms with Gasteiger partial charge in [0.2, 0.25) is 11.8 Å². The predicted molar refractivity (Wildman–Crippen MR) is 145 cm³/mol. The lowest BCUT2D eigenvalue weighted by molar-refractivity contribution is -0.148. The standard InChI is InChI=1S/C26H25Cl2N5O7S/c1-40-16-3-4-20(18(28)8-16)41(38,39)17-9-19(22(34)31-25(12-29)6-7-25)33(11-17)23(35)26(13-32(14-26)24(36)37)21-5-2-15(27)10-30-21/h2-5,8,10,17,19H,6-7,9,11,13-14H2,1H3,(H,31,34)(H,36,37)/t17-,19+/m1/s1. The van der Waals surface area contributed by atoms with E-state index in [2.05, 4.69) is 16.4 Å². The van der Waals surface area contributed by atoms with Gasteiger partial charge in [-0.1, -0.05) is 23.2 Å². The number of hydrogen-bond acceptors (Lipinski definition) is 8. The van der Waals surface area contributed by atoms with Crippen molar-refractivity contribution in [2.24, 2.45) is 0 Å². The van der Waals surface area contributed by atoms with Gasteiger partial charge in [-0.25, -0.2) is 13.2 Å². The molecule has 2 saturated heterocycles. The van der Waals surface area contributed by atoms with Gasteiger partial charge in [-0.3, -0.25) is 14.6 Å². The number of carbonyl (C=O) groups is 3. The zero-order valence-corrected chi connectivity index (χ0v) is 24.0. The number of carboxylic acid groups (broad SMARTS) is 1. The number of halogens is 2. The SMILES string of the molecule is COc1ccc(S(=O)(=O)[C@@H]2C[C@@H](C(=O)NC3(C#N)CC3)N(C(=O)C3(c4ccc(Cl)cn4)CN(C(=O)O)C3)C2)c(Cl)c1. The van der Waals surface area contributed by atoms with Crippen LogP contribution in [0.1, 0.15) is 25.0 Å². The Labute approximate surface area is 245 Å². The number of nitrogens with one attached hydrogen (secondary N) is 1. The lowest BCUT2D eigenvalue weighted by atomic mass is 9.75. The molecular formula is C26H25Cl2N5O7S. The van der Waals surface area contributed by atoms with Crippen molar-refractivity contribution in [3.8, 4) is 11.8 Å². The smallest absolute Gasteiger partial charge is 0.407 e. The molecule has 2 N–H and O–H groups in total. The van der Waals surface area contributed by atoms with Gasteiger partial charge in [0.05, 0.1) is 39.1 Å². The number of nitrogens with zero attached hydrogens (tertiary/aromatic N) is 4. The maximum absolute atomic E-state index is 14.3. The number of pyridine rings is 1. The molecule has 0 spiro atoms. The average molecular weight is 622 g/mol. The van der Waals surface area contributed by atoms with Crippen LogP contribution in [0.2, 0.25) is 10.0 Å². The summed E-state index contributed by atoms with van der Waals surface area (Å²) < 4.78 is 32.6. The lowest BCUT2D eigenvalue weighted by Gasteiger charge is -2.48. The van der Waals surface area contributed by atoms with Crippen molar-refractivity contribution < 1.29 is 32.6 Å². The highest BCUT2D eigenvalue weighted by molar-refractivity contribution is 7.92. The van der Waals surface area contributed by atoms with Crippen LogP contribution in [-0.2, 0) is 24.8 Å². The predicted octanol–water partition coefficient (Wildman–Crippen LogP) is 2.24. The third kappa shape index (κ3) is 5.05. The Balaban J connectivity index is 1.52. The highest BCUT2D eigenvalue weighted by Gasteiger charge is 2.59. The van der Waals surface area contributed by atoms with Crippen molar-refractivity contribution >= 4 is 50.9 Å². The summed E-state index contributed by atoms with van der Waals surface area (Å²) in [7, 11) is -2.74. The van der Waals surface area contributed by atoms with Crippen LogP contribution in [0.15, 0.2) is 41.4 Å². The highest BCUT2D eigenvalue weighted by Crippen LogP contribution is 2.41. The van der Waals surface area contributed by atoms with Gasteiger partial charge in [0, 0.05) is 31.9 Å². The van der Waals surface area contributed by atoms with E-state index in [1.807, 2.05) is 0 Å². The second-order valence-electron chi connectivity index (χ2n) is 10.4. The topological polar surface area (TPSA) is 170 Å². The van der Waals surface area contributed by atoms with Crippen molar-refractivity contribution in [1.82, 2.24) is 20.1 Å². The number of aromatic nitrogens is 1. The van der Waals surface area contributed by atoms with E-state index in [1.54, 1.807) is 0 Å². The molecule has 0 bridgehead atoms. The molecule has 1 aromatic heterocycles. The molecule has 2 aliphatic heterocycles. The molecule has 15 heteroatoms. The Morgan fingerprint density at radius 2 is 1.90 bits per heavy atom. The van der Waals surface area contributed by atoms with Crippen LogP contribution >= 0.6 is 23.2 Å². The van der Waals surface area contributed by atoms with Crippen molar-refractivity contribution in [1.29, 1.82) is 5.26 Å². The zero-order valence-electron chi connectivity index (χ0n) is 21.7. The fraction of sp³-hybridized carbons (Fsp3) is 0.423. The van der Waals surface area contributed by atoms with E-state index in [-0.39, 0.29) is 41.7 Å². The summed E-state index contributed by atoms with van der Waals surface area (Å²) >= 11 is 12.3. The first-order chi connectivity index (χ1) is 19.4. The monoisotopic (exact) mass is 621 g/mol. The largest absolute Gasteiger partial charge is 0.497 e. The number of amides is 3. The van der Waals surface area contributed by atoms with Gasteiger partial charge < -0.3 is 25.0 Å². The van der Waals surface area contributed by atoms with Gasteiger partial charge in [0.15, 0.2) is 9.84 Å². The first-order valence-corrected chi connectivity index (χ1v) is 14.9. The third-order valence-corrected chi connectivity index (χ3v) is 10.7. The van der Waals surface area contributed by atoms with Gasteiger partial charge in [-0.05, 0) is 43.5 Å². The molecule has 3 heterocycles. The Hall–Kier alpha value is -3.60. The normalized spacial score (nSPS) is 22.3. The molecule has 1 aromatic carbocycles. The second kappa shape index (κ2) is 10.3. The van der Waals surface area contributed by atoms with Crippen LogP contribution in [0, 0.1) is 11.3 Å². The van der Waals surface area contributed by atoms with E-state index >= 15 is 0 Å². The molecular weight excluding hydrogens is 597 g/mol. The molecule has 1 aliphatic carbocycles. The third-order valence-electron chi connectivity index (χ3n) is 7.86. The van der Waals surface area contributed by atoms with Gasteiger partial charge in [-0.2, -0.15) is 5.26 Å². The van der Waals surface area contributed by atoms with Crippen LogP contribution in [-0.4, -0.2) is 89.8 Å². The van der Waals surface area contributed by atoms with Gasteiger partial charge in [-0.15, -0.1) is 0 Å². The Morgan fingerprint density at radius 3 is 2.44 bits per heavy atom. The maximum atomic E-state index is 14.3. The van der Waals surface area contributed by atoms with Gasteiger partial charge in [0.25, 0.3) is 0 Å². The van der Waals surface area contributed by atoms with Crippen LogP contribution in [0.3, 0.4) is 0 Å². The van der Waals surface area contributed by atoms with E-state index in [1.165, 1.54) is 43.6 Å². The minimum Gasteiger partial charge on any atom is -0.497 e. The summed E-state index contributed by atoms with van der Waals surface area (Å²) in [5.74, 6) is -0.957. The molecule has 3 fully saturated rings. The van der Waals surface area contributed by atoms with Crippen molar-refractivity contribution in [2.45, 2.75) is 46.4 Å². The fourth-order valence-electron chi connectivity index (χ4n) is 5.30. The average Bonchev–Trinajstić information content (AvgIpc) is 3.53. The van der Waals surface area contributed by atoms with Crippen molar-refractivity contribution in [3.63, 3.8) is 0 Å². The number of methoxy groups -OCH3 is 1. The number of rotatable bonds is 7. The molecule has 0 radical (unpaired) electrons. The quantitative estimate of drug-likeness (QED) is 0.470. The fourth-order valence-corrected chi connectivity index (χ4v) is 7.65. The Kier molecular flexibility index (Phi) is 7.30. The lowest BCUT2D eigenvalue weighted by Crippen LogP contribution is -2.69. The first-order valence-electron chi connectivity index (χ1n) is 12.6. The zero-order chi connectivity index (χ0) is 29.7. The van der Waals surface area contributed by atoms with Crippen LogP contribution in [0.4, 0.5) is 4.79 Å². The first kappa shape index (κ1) is 28.9. The number of likely N-dealkylation sites (tertiary alicyclic amines) is 2. The second-order valence-corrected chi connectivity index (χ2v) is 13.5. The molecule has 3 aliphatic rings. The Bertz CT molecular complexity index is 1570. The molecule has 12 nitrogen and oxygen atoms in total. The van der Waals surface area contributed by atoms with Gasteiger partial charge in [0.1, 0.15) is 22.7 Å². The van der Waals surface area contributed by atoms with E-state index in [9.17, 15) is 33.2 Å².